The zero-order valence-corrected chi connectivity index (χ0v) is 39.3. The van der Waals surface area contributed by atoms with Crippen LogP contribution in [0.25, 0.3) is 9.75 Å². The lowest BCUT2D eigenvalue weighted by molar-refractivity contribution is -0.139. The fraction of sp³-hybridized carbons (Fsp3) is 0.561. The number of aromatic nitrogens is 2. The monoisotopic (exact) mass is 965 g/mol. The molecule has 0 radical (unpaired) electrons. The van der Waals surface area contributed by atoms with Crippen molar-refractivity contribution >= 4 is 72.2 Å². The van der Waals surface area contributed by atoms with Gasteiger partial charge in [0.2, 0.25) is 35.4 Å². The molecule has 1 aliphatic heterocycles. The maximum Gasteiger partial charge on any atom is 0.469 e. The van der Waals surface area contributed by atoms with E-state index in [9.17, 15) is 48.2 Å². The summed E-state index contributed by atoms with van der Waals surface area (Å²) in [6, 6.07) is 1.31. The van der Waals surface area contributed by atoms with E-state index in [-0.39, 0.29) is 24.7 Å². The van der Waals surface area contributed by atoms with E-state index in [4.69, 9.17) is 10.6 Å². The van der Waals surface area contributed by atoms with E-state index in [2.05, 4.69) is 48.1 Å². The van der Waals surface area contributed by atoms with Crippen molar-refractivity contribution in [2.45, 2.75) is 122 Å². The highest BCUT2D eigenvalue weighted by molar-refractivity contribution is 7.46. The molecule has 1 fully saturated rings. The molecule has 6 amide bonds. The molecular weight excluding hydrogens is 906 g/mol. The number of hydrogen-bond donors (Lipinski definition) is 8. The second kappa shape index (κ2) is 25.6. The Kier molecular flexibility index (Phi) is 20.7. The number of amides is 6. The van der Waals surface area contributed by atoms with Gasteiger partial charge in [0.05, 0.1) is 25.3 Å². The van der Waals surface area contributed by atoms with Crippen molar-refractivity contribution in [2.75, 3.05) is 19.8 Å². The van der Waals surface area contributed by atoms with Crippen LogP contribution in [0.4, 0.5) is 0 Å². The minimum atomic E-state index is -5.12. The molecule has 24 heteroatoms. The second-order valence-corrected chi connectivity index (χ2v) is 19.3. The third kappa shape index (κ3) is 17.0. The fourth-order valence-corrected chi connectivity index (χ4v) is 9.39. The Bertz CT molecular complexity index is 2130. The van der Waals surface area contributed by atoms with E-state index in [1.165, 1.54) is 27.8 Å². The average molecular weight is 966 g/mol. The zero-order valence-electron chi connectivity index (χ0n) is 36.8. The van der Waals surface area contributed by atoms with E-state index in [1.54, 1.807) is 35.2 Å². The van der Waals surface area contributed by atoms with Gasteiger partial charge >= 0.3 is 7.82 Å². The van der Waals surface area contributed by atoms with Gasteiger partial charge in [0, 0.05) is 53.0 Å². The number of carbonyl (C=O) groups excluding carboxylic acids is 6. The number of nitrogens with two attached hydrogens (primary N) is 1. The van der Waals surface area contributed by atoms with Gasteiger partial charge in [-0.2, -0.15) is 0 Å². The van der Waals surface area contributed by atoms with Gasteiger partial charge in [-0.15, -0.1) is 22.7 Å². The number of primary amides is 1. The maximum atomic E-state index is 14.0. The lowest BCUT2D eigenvalue weighted by Crippen LogP contribution is -2.61. The van der Waals surface area contributed by atoms with Crippen molar-refractivity contribution in [1.82, 2.24) is 35.7 Å². The first-order valence-electron chi connectivity index (χ1n) is 21.3. The van der Waals surface area contributed by atoms with Gasteiger partial charge < -0.3 is 56.2 Å². The average Bonchev–Trinajstić information content (AvgIpc) is 4.08. The molecule has 3 aromatic rings. The number of phosphoric ester groups is 1. The van der Waals surface area contributed by atoms with E-state index in [0.29, 0.717) is 38.2 Å². The Labute approximate surface area is 385 Å². The molecule has 4 rings (SSSR count). The molecule has 9 N–H and O–H groups in total. The van der Waals surface area contributed by atoms with Crippen LogP contribution >= 0.6 is 30.5 Å². The van der Waals surface area contributed by atoms with Crippen LogP contribution in [-0.4, -0.2) is 127 Å². The largest absolute Gasteiger partial charge is 0.469 e. The Morgan fingerprint density at radius 3 is 2.34 bits per heavy atom. The van der Waals surface area contributed by atoms with Crippen molar-refractivity contribution in [3.63, 3.8) is 0 Å². The summed E-state index contributed by atoms with van der Waals surface area (Å²) in [7, 11) is -5.12. The molecule has 1 aliphatic rings. The second-order valence-electron chi connectivity index (χ2n) is 16.0. The van der Waals surface area contributed by atoms with Crippen LogP contribution < -0.4 is 27.0 Å². The molecule has 0 unspecified atom stereocenters. The molecule has 0 bridgehead atoms. The Hall–Kier alpha value is -5.03. The van der Waals surface area contributed by atoms with Crippen molar-refractivity contribution in [3.8, 4) is 9.75 Å². The van der Waals surface area contributed by atoms with E-state index >= 15 is 0 Å². The number of rotatable bonds is 27. The maximum absolute atomic E-state index is 14.0. The number of aliphatic hydroxyl groups excluding tert-OH is 1. The van der Waals surface area contributed by atoms with Crippen LogP contribution in [0.2, 0.25) is 0 Å². The third-order valence-corrected chi connectivity index (χ3v) is 13.1. The van der Waals surface area contributed by atoms with Gasteiger partial charge in [0.25, 0.3) is 0 Å². The summed E-state index contributed by atoms with van der Waals surface area (Å²) in [6.07, 6.45) is 7.41. The van der Waals surface area contributed by atoms with Crippen molar-refractivity contribution in [2.24, 2.45) is 16.8 Å². The molecule has 21 nitrogen and oxygen atoms in total. The first-order chi connectivity index (χ1) is 30.9. The van der Waals surface area contributed by atoms with E-state index < -0.39 is 80.3 Å². The van der Waals surface area contributed by atoms with Gasteiger partial charge in [-0.05, 0) is 74.9 Å². The van der Waals surface area contributed by atoms with Crippen LogP contribution in [0.1, 0.15) is 83.2 Å². The number of aliphatic hydroxyl groups is 1. The molecule has 65 heavy (non-hydrogen) atoms. The van der Waals surface area contributed by atoms with Gasteiger partial charge in [-0.3, -0.25) is 33.3 Å². The summed E-state index contributed by atoms with van der Waals surface area (Å²) < 4.78 is 17.7. The number of nitrogens with one attached hydrogen (secondary N) is 4. The smallest absolute Gasteiger partial charge is 0.396 e. The molecule has 0 aromatic carbocycles. The zero-order chi connectivity index (χ0) is 47.7. The Morgan fingerprint density at radius 2 is 1.68 bits per heavy atom. The van der Waals surface area contributed by atoms with Gasteiger partial charge in [0.1, 0.15) is 36.8 Å². The molecule has 6 atom stereocenters. The summed E-state index contributed by atoms with van der Waals surface area (Å²) >= 11 is 3.31. The first kappa shape index (κ1) is 52.6. The third-order valence-electron chi connectivity index (χ3n) is 10.4. The van der Waals surface area contributed by atoms with Crippen LogP contribution in [0.5, 0.6) is 0 Å². The predicted molar refractivity (Wildman–Crippen MR) is 242 cm³/mol. The SMILES string of the molecule is CC(=O)N1CCC[C@H]1C(=O)N[C@@H](CC(C)C)C(=O)N[C@@H](Cc1cncn1CCCCCCO/N=C/c1ccc(-c2cccs2)s1)C(=O)N[C@@H](CO)C(=O)N[C@H](C(N)=O)[C@@H](C)OP(=O)(O)O. The number of nitrogens with zero attached hydrogens (tertiary/aromatic N) is 4. The topological polar surface area (TPSA) is 306 Å². The fourth-order valence-electron chi connectivity index (χ4n) is 7.13. The number of unbranched alkanes of at least 4 members (excludes halogenated alkanes) is 3. The number of thiophene rings is 2. The Balaban J connectivity index is 1.42. The minimum Gasteiger partial charge on any atom is -0.396 e. The molecule has 0 spiro atoms. The number of imidazole rings is 1. The van der Waals surface area contributed by atoms with Gasteiger partial charge in [-0.1, -0.05) is 31.5 Å². The van der Waals surface area contributed by atoms with Crippen LogP contribution in [0, 0.1) is 5.92 Å². The van der Waals surface area contributed by atoms with Crippen molar-refractivity contribution in [1.29, 1.82) is 0 Å². The summed E-state index contributed by atoms with van der Waals surface area (Å²) in [5.74, 6) is -4.93. The summed E-state index contributed by atoms with van der Waals surface area (Å²) in [5, 5.41) is 26.3. The molecular formula is C41H60N9O12PS2. The summed E-state index contributed by atoms with van der Waals surface area (Å²) in [4.78, 5) is 112. The molecule has 1 saturated heterocycles. The van der Waals surface area contributed by atoms with Crippen LogP contribution in [0.15, 0.2) is 47.3 Å². The molecule has 0 saturated carbocycles. The van der Waals surface area contributed by atoms with Crippen molar-refractivity contribution < 1.29 is 57.6 Å². The number of aryl methyl sites for hydroxylation is 1. The number of carbonyl (C=O) groups is 6. The van der Waals surface area contributed by atoms with Crippen LogP contribution in [-0.2, 0) is 55.7 Å². The van der Waals surface area contributed by atoms with Crippen molar-refractivity contribution in [3.05, 3.63) is 52.7 Å². The summed E-state index contributed by atoms with van der Waals surface area (Å²) in [6.45, 7) is 6.48. The predicted octanol–water partition coefficient (Wildman–Crippen LogP) is 1.80. The van der Waals surface area contributed by atoms with Gasteiger partial charge in [-0.25, -0.2) is 9.55 Å². The van der Waals surface area contributed by atoms with Gasteiger partial charge in [0.15, 0.2) is 0 Å². The van der Waals surface area contributed by atoms with Crippen LogP contribution in [0.3, 0.4) is 0 Å². The normalized spacial score (nSPS) is 16.4. The molecule has 0 aliphatic carbocycles. The first-order valence-corrected chi connectivity index (χ1v) is 24.5. The quantitative estimate of drug-likeness (QED) is 0.0234. The number of oxime groups is 1. The van der Waals surface area contributed by atoms with E-state index in [1.807, 2.05) is 35.9 Å². The highest BCUT2D eigenvalue weighted by atomic mass is 32.1. The highest BCUT2D eigenvalue weighted by Crippen LogP contribution is 2.38. The molecule has 4 heterocycles. The number of hydrogen-bond acceptors (Lipinski definition) is 14. The number of likely N-dealkylation sites (tertiary alicyclic amines) is 1. The lowest BCUT2D eigenvalue weighted by atomic mass is 10.0. The Morgan fingerprint density at radius 1 is 0.969 bits per heavy atom. The lowest BCUT2D eigenvalue weighted by Gasteiger charge is -2.28. The van der Waals surface area contributed by atoms with E-state index in [0.717, 1.165) is 37.5 Å². The number of phosphoric acid groups is 1. The standard InChI is InChI=1S/C41H60N9O12PS2/c1-25(2)19-30(46-41(57)33-11-9-16-50(33)27(4)52)38(54)45-31(39(55)47-32(23-51)40(56)48-36(37(42)53)26(3)62-63(58,59)60)20-28-21-43-24-49(28)15-7-5-6-8-17-61-44-22-29-13-14-35(65-29)34-12-10-18-64-34/h10,12-14,18,21-22,24-26,30-33,36,51H,5-9,11,15-17,19-20,23H2,1-4H3,(H2,42,53)(H,45,54)(H,46,57)(H,47,55)(H,48,56)(H2,58,59,60)/b44-22+/t26-,30+,31+,32+,33+,36+/m1/s1. The highest BCUT2D eigenvalue weighted by Gasteiger charge is 2.37. The molecule has 358 valence electrons. The summed E-state index contributed by atoms with van der Waals surface area (Å²) in [5.41, 5.74) is 5.89. The minimum absolute atomic E-state index is 0.0967. The molecule has 3 aromatic heterocycles.